The van der Waals surface area contributed by atoms with Gasteiger partial charge in [0.05, 0.1) is 23.7 Å². The van der Waals surface area contributed by atoms with E-state index in [0.29, 0.717) is 23.7 Å². The maximum Gasteiger partial charge on any atom is 0.296 e. The minimum absolute atomic E-state index is 0.0331. The standard InChI is InChI=1S/C19H22N2O5/c1-4-11-25-16-9-10-17(18(12-16)21(23)24)20-19(22)14-5-7-15(8-6-14)26-13(2)3/h5-10,12-13H,4,11H2,1-3H3,(H,20,22). The highest BCUT2D eigenvalue weighted by atomic mass is 16.6. The predicted molar refractivity (Wildman–Crippen MR) is 99.0 cm³/mol. The second kappa shape index (κ2) is 8.84. The molecule has 0 saturated heterocycles. The summed E-state index contributed by atoms with van der Waals surface area (Å²) in [4.78, 5) is 23.1. The molecule has 0 aliphatic rings. The van der Waals surface area contributed by atoms with Gasteiger partial charge in [0.2, 0.25) is 0 Å². The predicted octanol–water partition coefficient (Wildman–Crippen LogP) is 4.42. The Morgan fingerprint density at radius 1 is 1.15 bits per heavy atom. The lowest BCUT2D eigenvalue weighted by molar-refractivity contribution is -0.384. The van der Waals surface area contributed by atoms with E-state index < -0.39 is 10.8 Å². The molecule has 0 unspecified atom stereocenters. The highest BCUT2D eigenvalue weighted by Crippen LogP contribution is 2.29. The maximum absolute atomic E-state index is 12.4. The number of nitrogens with zero attached hydrogens (tertiary/aromatic N) is 1. The van der Waals surface area contributed by atoms with Gasteiger partial charge in [-0.3, -0.25) is 14.9 Å². The lowest BCUT2D eigenvalue weighted by Crippen LogP contribution is -2.13. The Morgan fingerprint density at radius 2 is 1.81 bits per heavy atom. The lowest BCUT2D eigenvalue weighted by atomic mass is 10.2. The number of nitro benzene ring substituents is 1. The molecule has 0 atom stereocenters. The fraction of sp³-hybridized carbons (Fsp3) is 0.316. The largest absolute Gasteiger partial charge is 0.493 e. The molecule has 0 saturated carbocycles. The topological polar surface area (TPSA) is 90.7 Å². The first-order valence-electron chi connectivity index (χ1n) is 8.40. The number of carbonyl (C=O) groups excluding carboxylic acids is 1. The van der Waals surface area contributed by atoms with Crippen LogP contribution < -0.4 is 14.8 Å². The first-order valence-corrected chi connectivity index (χ1v) is 8.40. The van der Waals surface area contributed by atoms with Crippen LogP contribution >= 0.6 is 0 Å². The normalized spacial score (nSPS) is 10.5. The highest BCUT2D eigenvalue weighted by Gasteiger charge is 2.18. The third-order valence-corrected chi connectivity index (χ3v) is 3.38. The van der Waals surface area contributed by atoms with Crippen molar-refractivity contribution in [3.63, 3.8) is 0 Å². The van der Waals surface area contributed by atoms with Crippen LogP contribution in [0.3, 0.4) is 0 Å². The molecule has 26 heavy (non-hydrogen) atoms. The molecule has 0 aliphatic carbocycles. The van der Waals surface area contributed by atoms with Crippen LogP contribution in [0.2, 0.25) is 0 Å². The Morgan fingerprint density at radius 3 is 2.38 bits per heavy atom. The van der Waals surface area contributed by atoms with Crippen LogP contribution in [0.25, 0.3) is 0 Å². The number of nitro groups is 1. The molecule has 1 N–H and O–H groups in total. The van der Waals surface area contributed by atoms with Crippen LogP contribution in [0.15, 0.2) is 42.5 Å². The van der Waals surface area contributed by atoms with Crippen molar-refractivity contribution in [2.24, 2.45) is 0 Å². The average molecular weight is 358 g/mol. The quantitative estimate of drug-likeness (QED) is 0.557. The second-order valence-corrected chi connectivity index (χ2v) is 5.93. The van der Waals surface area contributed by atoms with Gasteiger partial charge in [-0.1, -0.05) is 6.92 Å². The van der Waals surface area contributed by atoms with Crippen molar-refractivity contribution in [3.8, 4) is 11.5 Å². The summed E-state index contributed by atoms with van der Waals surface area (Å²) < 4.78 is 10.9. The van der Waals surface area contributed by atoms with Crippen molar-refractivity contribution >= 4 is 17.3 Å². The molecule has 7 nitrogen and oxygen atoms in total. The van der Waals surface area contributed by atoms with E-state index in [1.54, 1.807) is 30.3 Å². The third kappa shape index (κ3) is 5.20. The zero-order chi connectivity index (χ0) is 19.1. The van der Waals surface area contributed by atoms with Crippen LogP contribution in [-0.2, 0) is 0 Å². The molecule has 7 heteroatoms. The highest BCUT2D eigenvalue weighted by molar-refractivity contribution is 6.05. The van der Waals surface area contributed by atoms with E-state index in [1.165, 1.54) is 12.1 Å². The van der Waals surface area contributed by atoms with Crippen molar-refractivity contribution in [1.82, 2.24) is 0 Å². The minimum Gasteiger partial charge on any atom is -0.493 e. The van der Waals surface area contributed by atoms with Gasteiger partial charge in [-0.15, -0.1) is 0 Å². The molecular weight excluding hydrogens is 336 g/mol. The van der Waals surface area contributed by atoms with E-state index in [4.69, 9.17) is 9.47 Å². The molecule has 2 aromatic carbocycles. The van der Waals surface area contributed by atoms with Gasteiger partial charge >= 0.3 is 0 Å². The SMILES string of the molecule is CCCOc1ccc(NC(=O)c2ccc(OC(C)C)cc2)c([N+](=O)[O-])c1. The molecule has 0 aliphatic heterocycles. The third-order valence-electron chi connectivity index (χ3n) is 3.38. The smallest absolute Gasteiger partial charge is 0.296 e. The van der Waals surface area contributed by atoms with Crippen molar-refractivity contribution < 1.29 is 19.2 Å². The van der Waals surface area contributed by atoms with Crippen LogP contribution in [0.5, 0.6) is 11.5 Å². The van der Waals surface area contributed by atoms with E-state index in [0.717, 1.165) is 6.42 Å². The van der Waals surface area contributed by atoms with Gasteiger partial charge in [0, 0.05) is 5.56 Å². The fourth-order valence-electron chi connectivity index (χ4n) is 2.23. The summed E-state index contributed by atoms with van der Waals surface area (Å²) in [5, 5.41) is 13.9. The Hall–Kier alpha value is -3.09. The van der Waals surface area contributed by atoms with Crippen LogP contribution in [0.1, 0.15) is 37.6 Å². The lowest BCUT2D eigenvalue weighted by Gasteiger charge is -2.11. The minimum atomic E-state index is -0.548. The van der Waals surface area contributed by atoms with E-state index in [9.17, 15) is 14.9 Å². The van der Waals surface area contributed by atoms with Crippen LogP contribution in [0.4, 0.5) is 11.4 Å². The molecule has 2 aromatic rings. The molecule has 138 valence electrons. The fourth-order valence-corrected chi connectivity index (χ4v) is 2.23. The number of benzene rings is 2. The number of amides is 1. The molecule has 0 spiro atoms. The zero-order valence-electron chi connectivity index (χ0n) is 15.0. The molecule has 0 heterocycles. The monoisotopic (exact) mass is 358 g/mol. The molecule has 0 bridgehead atoms. The van der Waals surface area contributed by atoms with Gasteiger partial charge in [0.25, 0.3) is 11.6 Å². The Labute approximate surface area is 152 Å². The summed E-state index contributed by atoms with van der Waals surface area (Å²) >= 11 is 0. The number of hydrogen-bond donors (Lipinski definition) is 1. The summed E-state index contributed by atoms with van der Waals surface area (Å²) in [7, 11) is 0. The number of nitrogens with one attached hydrogen (secondary N) is 1. The number of hydrogen-bond acceptors (Lipinski definition) is 5. The Kier molecular flexibility index (Phi) is 6.54. The Bertz CT molecular complexity index is 772. The van der Waals surface area contributed by atoms with E-state index in [2.05, 4.69) is 5.32 Å². The van der Waals surface area contributed by atoms with Crippen molar-refractivity contribution in [3.05, 3.63) is 58.1 Å². The summed E-state index contributed by atoms with van der Waals surface area (Å²) in [6.07, 6.45) is 0.828. The van der Waals surface area contributed by atoms with Crippen molar-refractivity contribution in [2.45, 2.75) is 33.3 Å². The van der Waals surface area contributed by atoms with Crippen molar-refractivity contribution in [1.29, 1.82) is 0 Å². The molecule has 0 aromatic heterocycles. The summed E-state index contributed by atoms with van der Waals surface area (Å²) in [5.41, 5.74) is 0.278. The number of rotatable bonds is 8. The maximum atomic E-state index is 12.4. The number of anilines is 1. The molecule has 0 fully saturated rings. The summed E-state index contributed by atoms with van der Waals surface area (Å²) in [5.74, 6) is 0.609. The zero-order valence-corrected chi connectivity index (χ0v) is 15.0. The number of carbonyl (C=O) groups is 1. The van der Waals surface area contributed by atoms with Gasteiger partial charge in [0.1, 0.15) is 17.2 Å². The molecule has 0 radical (unpaired) electrons. The first-order chi connectivity index (χ1) is 12.4. The van der Waals surface area contributed by atoms with Crippen LogP contribution in [0, 0.1) is 10.1 Å². The van der Waals surface area contributed by atoms with E-state index in [1.807, 2.05) is 20.8 Å². The van der Waals surface area contributed by atoms with Gasteiger partial charge in [0.15, 0.2) is 0 Å². The average Bonchev–Trinajstić information content (AvgIpc) is 2.60. The second-order valence-electron chi connectivity index (χ2n) is 5.93. The van der Waals surface area contributed by atoms with E-state index >= 15 is 0 Å². The summed E-state index contributed by atoms with van der Waals surface area (Å²) in [6, 6.07) is 11.0. The van der Waals surface area contributed by atoms with Crippen LogP contribution in [-0.4, -0.2) is 23.5 Å². The first kappa shape index (κ1) is 19.2. The van der Waals surface area contributed by atoms with Gasteiger partial charge in [-0.05, 0) is 56.7 Å². The van der Waals surface area contributed by atoms with Gasteiger partial charge in [-0.2, -0.15) is 0 Å². The molecule has 2 rings (SSSR count). The number of ether oxygens (including phenoxy) is 2. The van der Waals surface area contributed by atoms with Crippen molar-refractivity contribution in [2.75, 3.05) is 11.9 Å². The van der Waals surface area contributed by atoms with E-state index in [-0.39, 0.29) is 17.5 Å². The summed E-state index contributed by atoms with van der Waals surface area (Å²) in [6.45, 7) is 6.23. The molecular formula is C19H22N2O5. The Balaban J connectivity index is 2.16. The van der Waals surface area contributed by atoms with Gasteiger partial charge < -0.3 is 14.8 Å². The molecule has 1 amide bonds. The van der Waals surface area contributed by atoms with Gasteiger partial charge in [-0.25, -0.2) is 0 Å².